The van der Waals surface area contributed by atoms with E-state index in [2.05, 4.69) is 22.2 Å². The van der Waals surface area contributed by atoms with E-state index in [0.717, 1.165) is 30.3 Å². The molecule has 1 N–H and O–H groups in total. The first kappa shape index (κ1) is 14.3. The molecule has 0 spiro atoms. The van der Waals surface area contributed by atoms with E-state index in [-0.39, 0.29) is 5.97 Å². The van der Waals surface area contributed by atoms with Gasteiger partial charge >= 0.3 is 5.97 Å². The van der Waals surface area contributed by atoms with Gasteiger partial charge in [0, 0.05) is 24.4 Å². The lowest BCUT2D eigenvalue weighted by molar-refractivity contribution is -0.143. The first-order chi connectivity index (χ1) is 9.17. The third-order valence-corrected chi connectivity index (χ3v) is 3.98. The molecule has 1 fully saturated rings. The normalized spacial score (nSPS) is 19.6. The van der Waals surface area contributed by atoms with Crippen LogP contribution < -0.4 is 5.32 Å². The highest BCUT2D eigenvalue weighted by molar-refractivity contribution is 7.13. The van der Waals surface area contributed by atoms with E-state index in [1.165, 1.54) is 0 Å². The fourth-order valence-electron chi connectivity index (χ4n) is 2.18. The lowest BCUT2D eigenvalue weighted by Crippen LogP contribution is -2.23. The maximum Gasteiger partial charge on any atom is 0.306 e. The molecule has 1 saturated heterocycles. The second-order valence-electron chi connectivity index (χ2n) is 4.84. The number of hydrogen-bond acceptors (Lipinski definition) is 6. The zero-order valence-electron chi connectivity index (χ0n) is 11.5. The fraction of sp³-hybridized carbons (Fsp3) is 0.692. The number of nitrogens with zero attached hydrogens (tertiary/aromatic N) is 2. The van der Waals surface area contributed by atoms with Gasteiger partial charge in [0.15, 0.2) is 5.13 Å². The lowest BCUT2D eigenvalue weighted by atomic mass is 10.2. The number of rotatable bonds is 6. The molecule has 2 rings (SSSR count). The van der Waals surface area contributed by atoms with E-state index in [1.54, 1.807) is 11.3 Å². The molecule has 19 heavy (non-hydrogen) atoms. The highest BCUT2D eigenvalue weighted by Crippen LogP contribution is 2.20. The van der Waals surface area contributed by atoms with Crippen LogP contribution >= 0.6 is 11.3 Å². The number of aryl methyl sites for hydroxylation is 1. The number of carbonyl (C=O) groups excluding carboxylic acids is 1. The number of ether oxygens (including phenoxy) is 1. The van der Waals surface area contributed by atoms with Crippen molar-refractivity contribution in [3.05, 3.63) is 11.1 Å². The SMILES string of the molecule is CCOC(=O)CCc1csc(NC2CCN(C)C2)n1. The minimum absolute atomic E-state index is 0.151. The molecule has 6 heteroatoms. The van der Waals surface area contributed by atoms with Crippen molar-refractivity contribution in [3.8, 4) is 0 Å². The molecule has 0 amide bonds. The number of likely N-dealkylation sites (N-methyl/N-ethyl adjacent to an activating group) is 1. The smallest absolute Gasteiger partial charge is 0.306 e. The summed E-state index contributed by atoms with van der Waals surface area (Å²) in [6.07, 6.45) is 2.22. The van der Waals surface area contributed by atoms with Crippen LogP contribution in [-0.4, -0.2) is 48.6 Å². The molecule has 1 unspecified atom stereocenters. The molecule has 0 aliphatic carbocycles. The number of esters is 1. The standard InChI is InChI=1S/C13H21N3O2S/c1-3-18-12(17)5-4-11-9-19-13(15-11)14-10-6-7-16(2)8-10/h9-10H,3-8H2,1-2H3,(H,14,15). The molecule has 0 radical (unpaired) electrons. The number of carbonyl (C=O) groups is 1. The first-order valence-corrected chi connectivity index (χ1v) is 7.60. The summed E-state index contributed by atoms with van der Waals surface area (Å²) in [5.74, 6) is -0.151. The van der Waals surface area contributed by atoms with Crippen molar-refractivity contribution < 1.29 is 9.53 Å². The van der Waals surface area contributed by atoms with Crippen LogP contribution in [-0.2, 0) is 16.0 Å². The molecule has 0 aromatic carbocycles. The van der Waals surface area contributed by atoms with Gasteiger partial charge in [0.2, 0.25) is 0 Å². The Labute approximate surface area is 118 Å². The van der Waals surface area contributed by atoms with Crippen LogP contribution in [0, 0.1) is 0 Å². The van der Waals surface area contributed by atoms with Gasteiger partial charge in [0.1, 0.15) is 0 Å². The molecule has 1 atom stereocenters. The number of hydrogen-bond donors (Lipinski definition) is 1. The summed E-state index contributed by atoms with van der Waals surface area (Å²) in [4.78, 5) is 18.1. The minimum atomic E-state index is -0.151. The molecule has 5 nitrogen and oxygen atoms in total. The van der Waals surface area contributed by atoms with Crippen molar-refractivity contribution in [3.63, 3.8) is 0 Å². The van der Waals surface area contributed by atoms with Crippen LogP contribution in [0.1, 0.15) is 25.5 Å². The third-order valence-electron chi connectivity index (χ3n) is 3.16. The molecule has 1 aliphatic heterocycles. The number of anilines is 1. The monoisotopic (exact) mass is 283 g/mol. The summed E-state index contributed by atoms with van der Waals surface area (Å²) in [5, 5.41) is 6.43. The number of thiazole rings is 1. The van der Waals surface area contributed by atoms with Gasteiger partial charge in [-0.3, -0.25) is 4.79 Å². The van der Waals surface area contributed by atoms with Gasteiger partial charge in [0.25, 0.3) is 0 Å². The van der Waals surface area contributed by atoms with Crippen LogP contribution in [0.25, 0.3) is 0 Å². The summed E-state index contributed by atoms with van der Waals surface area (Å²) in [7, 11) is 2.13. The molecule has 2 heterocycles. The Balaban J connectivity index is 1.77. The van der Waals surface area contributed by atoms with E-state index in [4.69, 9.17) is 4.74 Å². The summed E-state index contributed by atoms with van der Waals surface area (Å²) in [6, 6.07) is 0.494. The van der Waals surface area contributed by atoms with E-state index in [0.29, 0.717) is 25.5 Å². The highest BCUT2D eigenvalue weighted by Gasteiger charge is 2.19. The molecule has 1 aromatic heterocycles. The van der Waals surface area contributed by atoms with Crippen LogP contribution in [0.15, 0.2) is 5.38 Å². The van der Waals surface area contributed by atoms with Crippen LogP contribution in [0.3, 0.4) is 0 Å². The minimum Gasteiger partial charge on any atom is -0.466 e. The summed E-state index contributed by atoms with van der Waals surface area (Å²) < 4.78 is 4.91. The van der Waals surface area contributed by atoms with E-state index in [9.17, 15) is 4.79 Å². The molecule has 0 saturated carbocycles. The van der Waals surface area contributed by atoms with Crippen LogP contribution in [0.4, 0.5) is 5.13 Å². The molecule has 0 bridgehead atoms. The second-order valence-corrected chi connectivity index (χ2v) is 5.70. The fourth-order valence-corrected chi connectivity index (χ4v) is 3.00. The lowest BCUT2D eigenvalue weighted by Gasteiger charge is -2.11. The van der Waals surface area contributed by atoms with Crippen molar-refractivity contribution in [2.75, 3.05) is 32.1 Å². The summed E-state index contributed by atoms with van der Waals surface area (Å²) >= 11 is 1.61. The topological polar surface area (TPSA) is 54.5 Å². The third kappa shape index (κ3) is 4.47. The van der Waals surface area contributed by atoms with Gasteiger partial charge in [-0.1, -0.05) is 0 Å². The Hall–Kier alpha value is -1.14. The summed E-state index contributed by atoms with van der Waals surface area (Å²) in [6.45, 7) is 4.47. The Morgan fingerprint density at radius 3 is 3.21 bits per heavy atom. The molecule has 106 valence electrons. The molecular weight excluding hydrogens is 262 g/mol. The predicted octanol–water partition coefficient (Wildman–Crippen LogP) is 1.75. The zero-order chi connectivity index (χ0) is 13.7. The Morgan fingerprint density at radius 2 is 2.53 bits per heavy atom. The quantitative estimate of drug-likeness (QED) is 0.806. The Bertz CT molecular complexity index is 422. The second kappa shape index (κ2) is 6.86. The first-order valence-electron chi connectivity index (χ1n) is 6.72. The van der Waals surface area contributed by atoms with Crippen molar-refractivity contribution in [2.45, 2.75) is 32.2 Å². The van der Waals surface area contributed by atoms with Gasteiger partial charge in [0.05, 0.1) is 18.7 Å². The Kier molecular flexibility index (Phi) is 5.15. The average molecular weight is 283 g/mol. The van der Waals surface area contributed by atoms with E-state index in [1.807, 2.05) is 12.3 Å². The van der Waals surface area contributed by atoms with Crippen molar-refractivity contribution in [2.24, 2.45) is 0 Å². The zero-order valence-corrected chi connectivity index (χ0v) is 12.3. The summed E-state index contributed by atoms with van der Waals surface area (Å²) in [5.41, 5.74) is 0.965. The van der Waals surface area contributed by atoms with E-state index < -0.39 is 0 Å². The van der Waals surface area contributed by atoms with E-state index >= 15 is 0 Å². The molecular formula is C13H21N3O2S. The maximum atomic E-state index is 11.3. The van der Waals surface area contributed by atoms with Gasteiger partial charge in [-0.25, -0.2) is 4.98 Å². The van der Waals surface area contributed by atoms with Crippen LogP contribution in [0.2, 0.25) is 0 Å². The maximum absolute atomic E-state index is 11.3. The molecule has 1 aliphatic rings. The number of aromatic nitrogens is 1. The Morgan fingerprint density at radius 1 is 1.68 bits per heavy atom. The van der Waals surface area contributed by atoms with Crippen molar-refractivity contribution in [1.82, 2.24) is 9.88 Å². The highest BCUT2D eigenvalue weighted by atomic mass is 32.1. The largest absolute Gasteiger partial charge is 0.466 e. The number of nitrogens with one attached hydrogen (secondary N) is 1. The van der Waals surface area contributed by atoms with Gasteiger partial charge in [-0.2, -0.15) is 0 Å². The molecule has 1 aromatic rings. The van der Waals surface area contributed by atoms with Crippen molar-refractivity contribution in [1.29, 1.82) is 0 Å². The number of likely N-dealkylation sites (tertiary alicyclic amines) is 1. The van der Waals surface area contributed by atoms with Crippen molar-refractivity contribution >= 4 is 22.4 Å². The predicted molar refractivity (Wildman–Crippen MR) is 76.6 cm³/mol. The van der Waals surface area contributed by atoms with Crippen LogP contribution in [0.5, 0.6) is 0 Å². The van der Waals surface area contributed by atoms with Gasteiger partial charge < -0.3 is 15.0 Å². The van der Waals surface area contributed by atoms with Gasteiger partial charge in [-0.05, 0) is 26.9 Å². The van der Waals surface area contributed by atoms with Gasteiger partial charge in [-0.15, -0.1) is 11.3 Å². The average Bonchev–Trinajstić information content (AvgIpc) is 2.97.